The molecule has 0 N–H and O–H groups in total. The summed E-state index contributed by atoms with van der Waals surface area (Å²) in [4.78, 5) is 11.4. The Morgan fingerprint density at radius 2 is 2.06 bits per heavy atom. The maximum absolute atomic E-state index is 11.4. The number of benzene rings is 1. The van der Waals surface area contributed by atoms with E-state index in [0.29, 0.717) is 18.6 Å². The van der Waals surface area contributed by atoms with Crippen molar-refractivity contribution in [2.24, 2.45) is 0 Å². The van der Waals surface area contributed by atoms with Gasteiger partial charge in [0, 0.05) is 5.57 Å². The van der Waals surface area contributed by atoms with Crippen molar-refractivity contribution >= 4 is 12.0 Å². The third-order valence-electron chi connectivity index (χ3n) is 2.20. The average Bonchev–Trinajstić information content (AvgIpc) is 2.37. The summed E-state index contributed by atoms with van der Waals surface area (Å²) >= 11 is 0. The Morgan fingerprint density at radius 1 is 1.35 bits per heavy atom. The zero-order valence-electron chi connectivity index (χ0n) is 10.2. The first-order valence-electron chi connectivity index (χ1n) is 5.80. The summed E-state index contributed by atoms with van der Waals surface area (Å²) in [6.45, 7) is 6.14. The summed E-state index contributed by atoms with van der Waals surface area (Å²) in [7, 11) is 0. The first kappa shape index (κ1) is 13.2. The molecule has 0 amide bonds. The summed E-state index contributed by atoms with van der Waals surface area (Å²) in [5.41, 5.74) is 1.60. The molecule has 90 valence electrons. The number of carbonyl (C=O) groups excluding carboxylic acids is 1. The molecule has 2 nitrogen and oxygen atoms in total. The van der Waals surface area contributed by atoms with Gasteiger partial charge in [0.05, 0.1) is 6.61 Å². The summed E-state index contributed by atoms with van der Waals surface area (Å²) in [6.07, 6.45) is 5.25. The molecule has 0 atom stereocenters. The lowest BCUT2D eigenvalue weighted by molar-refractivity contribution is -0.139. The third-order valence-corrected chi connectivity index (χ3v) is 2.20. The molecule has 0 heterocycles. The van der Waals surface area contributed by atoms with Gasteiger partial charge in [0.1, 0.15) is 0 Å². The van der Waals surface area contributed by atoms with Gasteiger partial charge in [0.25, 0.3) is 0 Å². The van der Waals surface area contributed by atoms with Crippen LogP contribution in [0.1, 0.15) is 25.3 Å². The molecule has 17 heavy (non-hydrogen) atoms. The SMILES string of the molecule is C=C(CC=Cc1ccccc1)C(=O)OCCC. The summed E-state index contributed by atoms with van der Waals surface area (Å²) < 4.78 is 4.98. The van der Waals surface area contributed by atoms with Crippen LogP contribution in [0.2, 0.25) is 0 Å². The molecular weight excluding hydrogens is 212 g/mol. The van der Waals surface area contributed by atoms with Gasteiger partial charge >= 0.3 is 5.97 Å². The third kappa shape index (κ3) is 5.16. The minimum atomic E-state index is -0.301. The summed E-state index contributed by atoms with van der Waals surface area (Å²) in [5, 5.41) is 0. The van der Waals surface area contributed by atoms with Crippen molar-refractivity contribution in [1.82, 2.24) is 0 Å². The first-order valence-corrected chi connectivity index (χ1v) is 5.80. The van der Waals surface area contributed by atoms with Gasteiger partial charge < -0.3 is 4.74 Å². The lowest BCUT2D eigenvalue weighted by Crippen LogP contribution is -2.07. The van der Waals surface area contributed by atoms with Gasteiger partial charge in [-0.25, -0.2) is 4.79 Å². The molecule has 0 aliphatic carbocycles. The molecule has 1 aromatic rings. The first-order chi connectivity index (χ1) is 8.24. The Kier molecular flexibility index (Phi) is 5.80. The van der Waals surface area contributed by atoms with Crippen molar-refractivity contribution in [3.8, 4) is 0 Å². The van der Waals surface area contributed by atoms with Crippen LogP contribution in [0.25, 0.3) is 6.08 Å². The van der Waals surface area contributed by atoms with E-state index in [0.717, 1.165) is 12.0 Å². The number of carbonyl (C=O) groups is 1. The van der Waals surface area contributed by atoms with Gasteiger partial charge in [-0.1, -0.05) is 56.0 Å². The molecule has 0 saturated heterocycles. The largest absolute Gasteiger partial charge is 0.462 e. The Bertz CT molecular complexity index is 391. The second-order valence-electron chi connectivity index (χ2n) is 3.76. The van der Waals surface area contributed by atoms with Crippen molar-refractivity contribution in [1.29, 1.82) is 0 Å². The molecule has 0 unspecified atom stereocenters. The van der Waals surface area contributed by atoms with Crippen LogP contribution < -0.4 is 0 Å². The number of rotatable bonds is 6. The van der Waals surface area contributed by atoms with Gasteiger partial charge in [0.2, 0.25) is 0 Å². The number of hydrogen-bond acceptors (Lipinski definition) is 2. The quantitative estimate of drug-likeness (QED) is 0.551. The van der Waals surface area contributed by atoms with Crippen molar-refractivity contribution in [2.75, 3.05) is 6.61 Å². The highest BCUT2D eigenvalue weighted by Gasteiger charge is 2.05. The molecule has 0 fully saturated rings. The molecule has 2 heteroatoms. The van der Waals surface area contributed by atoms with Crippen LogP contribution in [-0.4, -0.2) is 12.6 Å². The predicted molar refractivity (Wildman–Crippen MR) is 70.5 cm³/mol. The Morgan fingerprint density at radius 3 is 2.71 bits per heavy atom. The topological polar surface area (TPSA) is 26.3 Å². The van der Waals surface area contributed by atoms with Crippen LogP contribution in [0.5, 0.6) is 0 Å². The second kappa shape index (κ2) is 7.44. The Hall–Kier alpha value is -1.83. The lowest BCUT2D eigenvalue weighted by atomic mass is 10.1. The van der Waals surface area contributed by atoms with E-state index in [1.165, 1.54) is 0 Å². The van der Waals surface area contributed by atoms with Crippen molar-refractivity contribution in [3.05, 3.63) is 54.1 Å². The molecule has 0 aromatic heterocycles. The fraction of sp³-hybridized carbons (Fsp3) is 0.267. The van der Waals surface area contributed by atoms with Gasteiger partial charge in [-0.3, -0.25) is 0 Å². The van der Waals surface area contributed by atoms with E-state index in [1.807, 2.05) is 49.4 Å². The summed E-state index contributed by atoms with van der Waals surface area (Å²) in [5.74, 6) is -0.301. The molecule has 0 bridgehead atoms. The smallest absolute Gasteiger partial charge is 0.333 e. The fourth-order valence-corrected chi connectivity index (χ4v) is 1.28. The van der Waals surface area contributed by atoms with Gasteiger partial charge in [-0.05, 0) is 18.4 Å². The van der Waals surface area contributed by atoms with Crippen molar-refractivity contribution < 1.29 is 9.53 Å². The Labute approximate surface area is 103 Å². The molecule has 0 radical (unpaired) electrons. The predicted octanol–water partition coefficient (Wildman–Crippen LogP) is 3.60. The zero-order chi connectivity index (χ0) is 12.5. The van der Waals surface area contributed by atoms with Crippen LogP contribution in [0.3, 0.4) is 0 Å². The van der Waals surface area contributed by atoms with E-state index in [9.17, 15) is 4.79 Å². The van der Waals surface area contributed by atoms with E-state index in [1.54, 1.807) is 0 Å². The molecule has 1 aromatic carbocycles. The maximum Gasteiger partial charge on any atom is 0.333 e. The fourth-order valence-electron chi connectivity index (χ4n) is 1.28. The Balaban J connectivity index is 2.38. The highest BCUT2D eigenvalue weighted by molar-refractivity contribution is 5.88. The second-order valence-corrected chi connectivity index (χ2v) is 3.76. The van der Waals surface area contributed by atoms with Crippen LogP contribution in [0, 0.1) is 0 Å². The highest BCUT2D eigenvalue weighted by Crippen LogP contribution is 2.06. The monoisotopic (exact) mass is 230 g/mol. The van der Waals surface area contributed by atoms with Crippen LogP contribution >= 0.6 is 0 Å². The number of ether oxygens (including phenoxy) is 1. The minimum absolute atomic E-state index is 0.301. The lowest BCUT2D eigenvalue weighted by Gasteiger charge is -2.03. The van der Waals surface area contributed by atoms with Gasteiger partial charge in [-0.15, -0.1) is 0 Å². The van der Waals surface area contributed by atoms with E-state index >= 15 is 0 Å². The summed E-state index contributed by atoms with van der Waals surface area (Å²) in [6, 6.07) is 9.94. The van der Waals surface area contributed by atoms with Crippen LogP contribution in [0.4, 0.5) is 0 Å². The van der Waals surface area contributed by atoms with E-state index in [2.05, 4.69) is 6.58 Å². The highest BCUT2D eigenvalue weighted by atomic mass is 16.5. The molecule has 0 aliphatic heterocycles. The number of allylic oxidation sites excluding steroid dienone is 1. The number of hydrogen-bond donors (Lipinski definition) is 0. The van der Waals surface area contributed by atoms with Crippen LogP contribution in [-0.2, 0) is 9.53 Å². The standard InChI is InChI=1S/C15H18O2/c1-3-12-17-15(16)13(2)8-7-11-14-9-5-4-6-10-14/h4-7,9-11H,2-3,8,12H2,1H3. The molecule has 0 spiro atoms. The van der Waals surface area contributed by atoms with Gasteiger partial charge in [0.15, 0.2) is 0 Å². The normalized spacial score (nSPS) is 10.4. The molecule has 0 saturated carbocycles. The van der Waals surface area contributed by atoms with Gasteiger partial charge in [-0.2, -0.15) is 0 Å². The van der Waals surface area contributed by atoms with Crippen molar-refractivity contribution in [3.63, 3.8) is 0 Å². The number of esters is 1. The minimum Gasteiger partial charge on any atom is -0.462 e. The molecular formula is C15H18O2. The average molecular weight is 230 g/mol. The van der Waals surface area contributed by atoms with E-state index < -0.39 is 0 Å². The van der Waals surface area contributed by atoms with E-state index in [4.69, 9.17) is 4.74 Å². The van der Waals surface area contributed by atoms with Crippen LogP contribution in [0.15, 0.2) is 48.6 Å². The van der Waals surface area contributed by atoms with Crippen molar-refractivity contribution in [2.45, 2.75) is 19.8 Å². The van der Waals surface area contributed by atoms with E-state index in [-0.39, 0.29) is 5.97 Å². The molecule has 1 rings (SSSR count). The maximum atomic E-state index is 11.4. The molecule has 0 aliphatic rings. The zero-order valence-corrected chi connectivity index (χ0v) is 10.2.